The maximum Gasteiger partial charge on any atom is 0.126 e. The zero-order valence-corrected chi connectivity index (χ0v) is 11.3. The molecule has 0 aliphatic heterocycles. The summed E-state index contributed by atoms with van der Waals surface area (Å²) in [7, 11) is 0. The molecule has 0 amide bonds. The summed E-state index contributed by atoms with van der Waals surface area (Å²) in [5.41, 5.74) is 1.04. The van der Waals surface area contributed by atoms with Crippen LogP contribution in [-0.4, -0.2) is 23.1 Å². The van der Waals surface area contributed by atoms with E-state index in [1.807, 2.05) is 43.3 Å². The molecule has 0 radical (unpaired) electrons. The van der Waals surface area contributed by atoms with Crippen molar-refractivity contribution in [3.63, 3.8) is 0 Å². The summed E-state index contributed by atoms with van der Waals surface area (Å²) in [6.07, 6.45) is 4.01. The minimum Gasteiger partial charge on any atom is -0.370 e. The summed E-state index contributed by atoms with van der Waals surface area (Å²) >= 11 is 0. The predicted molar refractivity (Wildman–Crippen MR) is 79.4 cm³/mol. The molecule has 0 aliphatic carbocycles. The number of unbranched alkanes of at least 4 members (excludes halogenated alkanes) is 1. The summed E-state index contributed by atoms with van der Waals surface area (Å²) in [4.78, 5) is 8.62. The van der Waals surface area contributed by atoms with Gasteiger partial charge >= 0.3 is 0 Å². The van der Waals surface area contributed by atoms with Gasteiger partial charge in [0, 0.05) is 25.0 Å². The first-order valence-electron chi connectivity index (χ1n) is 6.67. The van der Waals surface area contributed by atoms with Gasteiger partial charge in [-0.2, -0.15) is 0 Å². The number of rotatable bonds is 7. The number of aromatic nitrogens is 2. The fourth-order valence-electron chi connectivity index (χ4n) is 1.79. The Labute approximate surface area is 114 Å². The lowest BCUT2D eigenvalue weighted by atomic mass is 10.3. The van der Waals surface area contributed by atoms with Crippen molar-refractivity contribution >= 4 is 11.6 Å². The van der Waals surface area contributed by atoms with E-state index in [2.05, 4.69) is 20.6 Å². The Morgan fingerprint density at radius 2 is 1.63 bits per heavy atom. The van der Waals surface area contributed by atoms with Gasteiger partial charge in [-0.05, 0) is 44.0 Å². The van der Waals surface area contributed by atoms with Crippen LogP contribution in [0.15, 0.2) is 42.6 Å². The van der Waals surface area contributed by atoms with Crippen LogP contribution in [0.3, 0.4) is 0 Å². The summed E-state index contributed by atoms with van der Waals surface area (Å²) in [5, 5.41) is 6.63. The van der Waals surface area contributed by atoms with E-state index in [-0.39, 0.29) is 0 Å². The van der Waals surface area contributed by atoms with Crippen molar-refractivity contribution in [3.8, 4) is 0 Å². The summed E-state index contributed by atoms with van der Waals surface area (Å²) < 4.78 is 0. The number of nitrogens with one attached hydrogen (secondary N) is 2. The molecular weight excluding hydrogens is 236 g/mol. The number of anilines is 2. The van der Waals surface area contributed by atoms with Crippen LogP contribution in [0.25, 0.3) is 0 Å². The predicted octanol–water partition coefficient (Wildman–Crippen LogP) is 3.09. The van der Waals surface area contributed by atoms with Crippen LogP contribution in [0, 0.1) is 6.92 Å². The van der Waals surface area contributed by atoms with Crippen LogP contribution in [0.2, 0.25) is 0 Å². The van der Waals surface area contributed by atoms with E-state index in [1.54, 1.807) is 6.20 Å². The fourth-order valence-corrected chi connectivity index (χ4v) is 1.79. The molecule has 2 aromatic rings. The van der Waals surface area contributed by atoms with E-state index in [4.69, 9.17) is 0 Å². The van der Waals surface area contributed by atoms with Crippen molar-refractivity contribution in [2.75, 3.05) is 23.7 Å². The van der Waals surface area contributed by atoms with E-state index in [1.165, 1.54) is 0 Å². The Balaban J connectivity index is 1.58. The average Bonchev–Trinajstić information content (AvgIpc) is 2.44. The molecule has 2 aromatic heterocycles. The first-order valence-corrected chi connectivity index (χ1v) is 6.67. The molecule has 0 fully saturated rings. The highest BCUT2D eigenvalue weighted by Gasteiger charge is 1.94. The third-order valence-electron chi connectivity index (χ3n) is 2.77. The maximum atomic E-state index is 4.40. The smallest absolute Gasteiger partial charge is 0.126 e. The molecule has 0 aromatic carbocycles. The van der Waals surface area contributed by atoms with E-state index in [9.17, 15) is 0 Å². The number of aryl methyl sites for hydroxylation is 1. The Hall–Kier alpha value is -2.10. The molecule has 2 N–H and O–H groups in total. The number of pyridine rings is 2. The highest BCUT2D eigenvalue weighted by molar-refractivity contribution is 5.35. The van der Waals surface area contributed by atoms with Crippen LogP contribution >= 0.6 is 0 Å². The van der Waals surface area contributed by atoms with Gasteiger partial charge in [0.2, 0.25) is 0 Å². The molecule has 0 aliphatic rings. The zero-order chi connectivity index (χ0) is 13.3. The van der Waals surface area contributed by atoms with Gasteiger partial charge < -0.3 is 10.6 Å². The van der Waals surface area contributed by atoms with Crippen LogP contribution in [0.4, 0.5) is 11.6 Å². The van der Waals surface area contributed by atoms with Crippen molar-refractivity contribution in [2.45, 2.75) is 19.8 Å². The van der Waals surface area contributed by atoms with Crippen molar-refractivity contribution in [1.29, 1.82) is 0 Å². The minimum absolute atomic E-state index is 0.941. The normalized spacial score (nSPS) is 10.2. The van der Waals surface area contributed by atoms with Crippen LogP contribution in [-0.2, 0) is 0 Å². The molecular formula is C15H20N4. The summed E-state index contributed by atoms with van der Waals surface area (Å²) in [6.45, 7) is 3.89. The molecule has 0 saturated heterocycles. The first kappa shape index (κ1) is 13.3. The van der Waals surface area contributed by atoms with Gasteiger partial charge in [0.25, 0.3) is 0 Å². The summed E-state index contributed by atoms with van der Waals surface area (Å²) in [5.74, 6) is 1.90. The lowest BCUT2D eigenvalue weighted by molar-refractivity contribution is 0.791. The largest absolute Gasteiger partial charge is 0.370 e. The topological polar surface area (TPSA) is 49.8 Å². The van der Waals surface area contributed by atoms with Gasteiger partial charge in [0.05, 0.1) is 0 Å². The Bertz CT molecular complexity index is 485. The van der Waals surface area contributed by atoms with Gasteiger partial charge in [0.1, 0.15) is 11.6 Å². The van der Waals surface area contributed by atoms with E-state index in [0.717, 1.165) is 43.3 Å². The molecule has 2 rings (SSSR count). The Kier molecular flexibility index (Phi) is 5.17. The van der Waals surface area contributed by atoms with Gasteiger partial charge in [-0.3, -0.25) is 0 Å². The highest BCUT2D eigenvalue weighted by atomic mass is 15.0. The van der Waals surface area contributed by atoms with Crippen molar-refractivity contribution < 1.29 is 0 Å². The van der Waals surface area contributed by atoms with Crippen LogP contribution in [0.1, 0.15) is 18.5 Å². The first-order chi connectivity index (χ1) is 9.34. The second-order valence-corrected chi connectivity index (χ2v) is 4.44. The van der Waals surface area contributed by atoms with Crippen LogP contribution < -0.4 is 10.6 Å². The molecule has 4 nitrogen and oxygen atoms in total. The van der Waals surface area contributed by atoms with Gasteiger partial charge in [-0.25, -0.2) is 9.97 Å². The maximum absolute atomic E-state index is 4.40. The SMILES string of the molecule is Cc1cccc(NCCCCNc2ccccn2)n1. The minimum atomic E-state index is 0.941. The second-order valence-electron chi connectivity index (χ2n) is 4.44. The molecule has 0 unspecified atom stereocenters. The lowest BCUT2D eigenvalue weighted by Crippen LogP contribution is -2.07. The molecule has 4 heteroatoms. The Morgan fingerprint density at radius 3 is 2.32 bits per heavy atom. The fraction of sp³-hybridized carbons (Fsp3) is 0.333. The van der Waals surface area contributed by atoms with Crippen molar-refractivity contribution in [2.24, 2.45) is 0 Å². The molecule has 2 heterocycles. The molecule has 0 spiro atoms. The summed E-state index contributed by atoms with van der Waals surface area (Å²) in [6, 6.07) is 11.9. The monoisotopic (exact) mass is 256 g/mol. The quantitative estimate of drug-likeness (QED) is 0.747. The van der Waals surface area contributed by atoms with Gasteiger partial charge in [-0.1, -0.05) is 12.1 Å². The molecule has 19 heavy (non-hydrogen) atoms. The molecule has 0 bridgehead atoms. The van der Waals surface area contributed by atoms with E-state index >= 15 is 0 Å². The third kappa shape index (κ3) is 4.95. The number of hydrogen-bond donors (Lipinski definition) is 2. The third-order valence-corrected chi connectivity index (χ3v) is 2.77. The molecule has 100 valence electrons. The standard InChI is InChI=1S/C15H20N4/c1-13-7-6-9-15(19-13)18-12-5-4-11-17-14-8-2-3-10-16-14/h2-3,6-10H,4-5,11-12H2,1H3,(H,16,17)(H,18,19). The van der Waals surface area contributed by atoms with Gasteiger partial charge in [-0.15, -0.1) is 0 Å². The van der Waals surface area contributed by atoms with Crippen LogP contribution in [0.5, 0.6) is 0 Å². The highest BCUT2D eigenvalue weighted by Crippen LogP contribution is 2.04. The number of nitrogens with zero attached hydrogens (tertiary/aromatic N) is 2. The molecule has 0 saturated carbocycles. The Morgan fingerprint density at radius 1 is 0.895 bits per heavy atom. The van der Waals surface area contributed by atoms with Crippen molar-refractivity contribution in [1.82, 2.24) is 9.97 Å². The van der Waals surface area contributed by atoms with Crippen molar-refractivity contribution in [3.05, 3.63) is 48.3 Å². The number of hydrogen-bond acceptors (Lipinski definition) is 4. The van der Waals surface area contributed by atoms with Gasteiger partial charge in [0.15, 0.2) is 0 Å². The van der Waals surface area contributed by atoms with E-state index < -0.39 is 0 Å². The second kappa shape index (κ2) is 7.36. The lowest BCUT2D eigenvalue weighted by Gasteiger charge is -2.07. The molecule has 0 atom stereocenters. The average molecular weight is 256 g/mol. The van der Waals surface area contributed by atoms with E-state index in [0.29, 0.717) is 0 Å². The zero-order valence-electron chi connectivity index (χ0n) is 11.3.